The summed E-state index contributed by atoms with van der Waals surface area (Å²) in [7, 11) is -3.72. The van der Waals surface area contributed by atoms with Crippen molar-refractivity contribution in [2.24, 2.45) is 0 Å². The van der Waals surface area contributed by atoms with Crippen molar-refractivity contribution in [2.75, 3.05) is 6.54 Å². The third-order valence-electron chi connectivity index (χ3n) is 3.50. The Labute approximate surface area is 138 Å². The van der Waals surface area contributed by atoms with Crippen molar-refractivity contribution in [3.8, 4) is 0 Å². The Morgan fingerprint density at radius 2 is 1.79 bits per heavy atom. The summed E-state index contributed by atoms with van der Waals surface area (Å²) in [5, 5.41) is 11.6. The maximum Gasteiger partial charge on any atom is 0.269 e. The summed E-state index contributed by atoms with van der Waals surface area (Å²) in [5.74, 6) is 0.683. The Balaban J connectivity index is 1.65. The first kappa shape index (κ1) is 16.2. The van der Waals surface area contributed by atoms with Crippen molar-refractivity contribution in [1.82, 2.24) is 4.72 Å². The highest BCUT2D eigenvalue weighted by Crippen LogP contribution is 2.19. The van der Waals surface area contributed by atoms with Crippen LogP contribution in [0.5, 0.6) is 0 Å². The highest BCUT2D eigenvalue weighted by atomic mass is 32.2. The molecule has 1 N–H and O–H groups in total. The summed E-state index contributed by atoms with van der Waals surface area (Å²) in [6.45, 7) is 0.166. The Bertz CT molecular complexity index is 944. The molecule has 1 aromatic heterocycles. The Kier molecular flexibility index (Phi) is 4.32. The summed E-state index contributed by atoms with van der Waals surface area (Å²) >= 11 is 0. The van der Waals surface area contributed by atoms with Crippen LogP contribution in [-0.2, 0) is 16.4 Å². The lowest BCUT2D eigenvalue weighted by atomic mass is 10.2. The Morgan fingerprint density at radius 3 is 2.46 bits per heavy atom. The molecule has 7 nitrogen and oxygen atoms in total. The predicted octanol–water partition coefficient (Wildman–Crippen LogP) is 2.86. The van der Waals surface area contributed by atoms with Crippen LogP contribution in [0.25, 0.3) is 11.0 Å². The molecule has 0 unspecified atom stereocenters. The standard InChI is InChI=1S/C16H14N2O5S/c19-18(20)13-5-7-15(8-6-13)24(21,22)17-10-9-14-11-12-3-1-2-4-16(12)23-14/h1-8,11,17H,9-10H2. The second kappa shape index (κ2) is 6.42. The predicted molar refractivity (Wildman–Crippen MR) is 88.2 cm³/mol. The van der Waals surface area contributed by atoms with Crippen molar-refractivity contribution in [3.63, 3.8) is 0 Å². The van der Waals surface area contributed by atoms with E-state index in [-0.39, 0.29) is 17.1 Å². The molecule has 24 heavy (non-hydrogen) atoms. The molecule has 0 saturated heterocycles. The van der Waals surface area contributed by atoms with Crippen molar-refractivity contribution >= 4 is 26.7 Å². The summed E-state index contributed by atoms with van der Waals surface area (Å²) in [5.41, 5.74) is 0.599. The first-order valence-corrected chi connectivity index (χ1v) is 8.65. The second-order valence-corrected chi connectivity index (χ2v) is 6.92. The van der Waals surface area contributed by atoms with Crippen LogP contribution in [-0.4, -0.2) is 19.9 Å². The second-order valence-electron chi connectivity index (χ2n) is 5.15. The minimum absolute atomic E-state index is 0.0160. The molecule has 3 aromatic rings. The summed E-state index contributed by atoms with van der Waals surface area (Å²) in [6, 6.07) is 14.1. The first-order chi connectivity index (χ1) is 11.5. The van der Waals surface area contributed by atoms with E-state index in [0.717, 1.165) is 23.1 Å². The van der Waals surface area contributed by atoms with Gasteiger partial charge in [-0.2, -0.15) is 0 Å². The lowest BCUT2D eigenvalue weighted by Gasteiger charge is -2.05. The monoisotopic (exact) mass is 346 g/mol. The third-order valence-corrected chi connectivity index (χ3v) is 4.97. The average Bonchev–Trinajstić information content (AvgIpc) is 2.97. The van der Waals surface area contributed by atoms with Gasteiger partial charge in [-0.1, -0.05) is 18.2 Å². The van der Waals surface area contributed by atoms with Crippen LogP contribution in [0.3, 0.4) is 0 Å². The number of non-ortho nitro benzene ring substituents is 1. The van der Waals surface area contributed by atoms with Crippen LogP contribution >= 0.6 is 0 Å². The van der Waals surface area contributed by atoms with E-state index in [9.17, 15) is 18.5 Å². The van der Waals surface area contributed by atoms with Gasteiger partial charge in [-0.3, -0.25) is 10.1 Å². The number of hydrogen-bond acceptors (Lipinski definition) is 5. The SMILES string of the molecule is O=[N+]([O-])c1ccc(S(=O)(=O)NCCc2cc3ccccc3o2)cc1. The van der Waals surface area contributed by atoms with Crippen LogP contribution in [0.1, 0.15) is 5.76 Å². The maximum absolute atomic E-state index is 12.2. The molecule has 0 aliphatic carbocycles. The molecule has 0 spiro atoms. The molecule has 0 radical (unpaired) electrons. The van der Waals surface area contributed by atoms with E-state index < -0.39 is 14.9 Å². The van der Waals surface area contributed by atoms with Gasteiger partial charge in [-0.15, -0.1) is 0 Å². The number of nitro benzene ring substituents is 1. The van der Waals surface area contributed by atoms with Crippen molar-refractivity contribution in [2.45, 2.75) is 11.3 Å². The number of fused-ring (bicyclic) bond motifs is 1. The fraction of sp³-hybridized carbons (Fsp3) is 0.125. The quantitative estimate of drug-likeness (QED) is 0.546. The molecule has 0 aliphatic rings. The van der Waals surface area contributed by atoms with Crippen molar-refractivity contribution < 1.29 is 17.8 Å². The lowest BCUT2D eigenvalue weighted by Crippen LogP contribution is -2.25. The fourth-order valence-corrected chi connectivity index (χ4v) is 3.33. The normalized spacial score (nSPS) is 11.7. The van der Waals surface area contributed by atoms with Crippen LogP contribution in [0, 0.1) is 10.1 Å². The third kappa shape index (κ3) is 3.44. The summed E-state index contributed by atoms with van der Waals surface area (Å²) in [6.07, 6.45) is 0.404. The van der Waals surface area contributed by atoms with Crippen LogP contribution < -0.4 is 4.72 Å². The first-order valence-electron chi connectivity index (χ1n) is 7.17. The zero-order valence-electron chi connectivity index (χ0n) is 12.5. The molecule has 0 atom stereocenters. The summed E-state index contributed by atoms with van der Waals surface area (Å²) < 4.78 is 32.4. The topological polar surface area (TPSA) is 102 Å². The van der Waals surface area contributed by atoms with E-state index >= 15 is 0 Å². The van der Waals surface area contributed by atoms with Gasteiger partial charge in [0.15, 0.2) is 0 Å². The van der Waals surface area contributed by atoms with Gasteiger partial charge >= 0.3 is 0 Å². The van der Waals surface area contributed by atoms with Crippen LogP contribution in [0.2, 0.25) is 0 Å². The Hall–Kier alpha value is -2.71. The minimum atomic E-state index is -3.72. The molecule has 0 amide bonds. The zero-order chi connectivity index (χ0) is 17.2. The molecule has 0 bridgehead atoms. The number of hydrogen-bond donors (Lipinski definition) is 1. The van der Waals surface area contributed by atoms with Gasteiger partial charge in [-0.05, 0) is 24.3 Å². The molecule has 3 rings (SSSR count). The molecule has 0 aliphatic heterocycles. The largest absolute Gasteiger partial charge is 0.461 e. The maximum atomic E-state index is 12.2. The number of nitrogens with zero attached hydrogens (tertiary/aromatic N) is 1. The number of rotatable bonds is 6. The van der Waals surface area contributed by atoms with Gasteiger partial charge in [0.05, 0.1) is 9.82 Å². The van der Waals surface area contributed by atoms with Gasteiger partial charge in [0.1, 0.15) is 11.3 Å². The fourth-order valence-electron chi connectivity index (χ4n) is 2.30. The molecule has 2 aromatic carbocycles. The minimum Gasteiger partial charge on any atom is -0.461 e. The van der Waals surface area contributed by atoms with E-state index in [1.54, 1.807) is 0 Å². The molecule has 0 fully saturated rings. The summed E-state index contributed by atoms with van der Waals surface area (Å²) in [4.78, 5) is 10.0. The van der Waals surface area contributed by atoms with E-state index in [1.807, 2.05) is 30.3 Å². The highest BCUT2D eigenvalue weighted by molar-refractivity contribution is 7.89. The molecular formula is C16H14N2O5S. The molecule has 0 saturated carbocycles. The molecular weight excluding hydrogens is 332 g/mol. The van der Waals surface area contributed by atoms with Gasteiger partial charge < -0.3 is 4.42 Å². The van der Waals surface area contributed by atoms with Crippen LogP contribution in [0.15, 0.2) is 63.9 Å². The van der Waals surface area contributed by atoms with E-state index in [0.29, 0.717) is 12.2 Å². The van der Waals surface area contributed by atoms with Crippen LogP contribution in [0.4, 0.5) is 5.69 Å². The lowest BCUT2D eigenvalue weighted by molar-refractivity contribution is -0.384. The molecule has 1 heterocycles. The number of nitro groups is 1. The number of nitrogens with one attached hydrogen (secondary N) is 1. The molecule has 8 heteroatoms. The van der Waals surface area contributed by atoms with Crippen molar-refractivity contribution in [3.05, 3.63) is 70.5 Å². The smallest absolute Gasteiger partial charge is 0.269 e. The molecule has 124 valence electrons. The van der Waals surface area contributed by atoms with Gasteiger partial charge in [0, 0.05) is 30.5 Å². The number of benzene rings is 2. The van der Waals surface area contributed by atoms with E-state index in [2.05, 4.69) is 4.72 Å². The Morgan fingerprint density at radius 1 is 1.08 bits per heavy atom. The van der Waals surface area contributed by atoms with E-state index in [4.69, 9.17) is 4.42 Å². The van der Waals surface area contributed by atoms with Gasteiger partial charge in [0.2, 0.25) is 10.0 Å². The van der Waals surface area contributed by atoms with Gasteiger partial charge in [-0.25, -0.2) is 13.1 Å². The number of furan rings is 1. The zero-order valence-corrected chi connectivity index (χ0v) is 13.3. The van der Waals surface area contributed by atoms with Gasteiger partial charge in [0.25, 0.3) is 5.69 Å². The van der Waals surface area contributed by atoms with E-state index in [1.165, 1.54) is 12.1 Å². The number of sulfonamides is 1. The number of para-hydroxylation sites is 1. The van der Waals surface area contributed by atoms with Crippen molar-refractivity contribution in [1.29, 1.82) is 0 Å². The average molecular weight is 346 g/mol. The highest BCUT2D eigenvalue weighted by Gasteiger charge is 2.15.